The quantitative estimate of drug-likeness (QED) is 0.743. The summed E-state index contributed by atoms with van der Waals surface area (Å²) in [7, 11) is 0. The van der Waals surface area contributed by atoms with Gasteiger partial charge in [-0.15, -0.1) is 10.2 Å². The number of hydrogen-bond acceptors (Lipinski definition) is 4. The lowest BCUT2D eigenvalue weighted by atomic mass is 10.2. The van der Waals surface area contributed by atoms with Crippen molar-refractivity contribution in [2.24, 2.45) is 0 Å². The first-order chi connectivity index (χ1) is 6.75. The summed E-state index contributed by atoms with van der Waals surface area (Å²) in [5.41, 5.74) is 0. The molecular weight excluding hydrogens is 178 g/mol. The zero-order valence-electron chi connectivity index (χ0n) is 8.53. The second-order valence-corrected chi connectivity index (χ2v) is 3.69. The highest BCUT2D eigenvalue weighted by molar-refractivity contribution is 4.99. The summed E-state index contributed by atoms with van der Waals surface area (Å²) in [6.07, 6.45) is 6.59. The molecule has 0 aliphatic heterocycles. The summed E-state index contributed by atoms with van der Waals surface area (Å²) >= 11 is 0. The number of aryl methyl sites for hydroxylation is 1. The molecule has 1 aliphatic rings. The third-order valence-electron chi connectivity index (χ3n) is 2.41. The lowest BCUT2D eigenvalue weighted by Gasteiger charge is -2.15. The Hall–Kier alpha value is -1.16. The number of rotatable bonds is 3. The van der Waals surface area contributed by atoms with Gasteiger partial charge >= 0.3 is 0 Å². The normalized spacial score (nSPS) is 19.0. The molecule has 1 unspecified atom stereocenters. The van der Waals surface area contributed by atoms with Crippen LogP contribution in [-0.4, -0.2) is 16.2 Å². The molecule has 0 saturated carbocycles. The average molecular weight is 193 g/mol. The highest BCUT2D eigenvalue weighted by Crippen LogP contribution is 2.16. The van der Waals surface area contributed by atoms with Crippen molar-refractivity contribution >= 4 is 0 Å². The summed E-state index contributed by atoms with van der Waals surface area (Å²) in [6, 6.07) is 0.665. The van der Waals surface area contributed by atoms with Gasteiger partial charge in [-0.3, -0.25) is 0 Å². The first kappa shape index (κ1) is 9.40. The summed E-state index contributed by atoms with van der Waals surface area (Å²) in [5, 5.41) is 11.2. The summed E-state index contributed by atoms with van der Waals surface area (Å²) in [5.74, 6) is 1.30. The molecule has 1 aromatic heterocycles. The molecule has 0 aromatic carbocycles. The van der Waals surface area contributed by atoms with E-state index >= 15 is 0 Å². The molecule has 0 amide bonds. The monoisotopic (exact) mass is 193 g/mol. The van der Waals surface area contributed by atoms with Crippen molar-refractivity contribution in [3.8, 4) is 0 Å². The molecule has 0 radical (unpaired) electrons. The second-order valence-electron chi connectivity index (χ2n) is 3.69. The van der Waals surface area contributed by atoms with Gasteiger partial charge in [-0.05, 0) is 19.8 Å². The molecule has 4 nitrogen and oxygen atoms in total. The van der Waals surface area contributed by atoms with Crippen LogP contribution in [-0.2, 0) is 0 Å². The Balaban J connectivity index is 1.92. The predicted octanol–water partition coefficient (Wildman–Crippen LogP) is 1.75. The SMILES string of the molecule is Cc1nnc(C(C)NC2CC=CC2)o1. The molecule has 14 heavy (non-hydrogen) atoms. The van der Waals surface area contributed by atoms with Crippen LogP contribution < -0.4 is 5.32 Å². The van der Waals surface area contributed by atoms with E-state index in [1.165, 1.54) is 0 Å². The first-order valence-corrected chi connectivity index (χ1v) is 4.97. The Morgan fingerprint density at radius 3 is 2.71 bits per heavy atom. The van der Waals surface area contributed by atoms with E-state index in [9.17, 15) is 0 Å². The standard InChI is InChI=1S/C10H15N3O/c1-7(10-13-12-8(2)14-10)11-9-5-3-4-6-9/h3-4,7,9,11H,5-6H2,1-2H3. The van der Waals surface area contributed by atoms with Gasteiger partial charge < -0.3 is 9.73 Å². The average Bonchev–Trinajstić information content (AvgIpc) is 2.75. The first-order valence-electron chi connectivity index (χ1n) is 4.97. The van der Waals surface area contributed by atoms with Gasteiger partial charge in [-0.2, -0.15) is 0 Å². The Bertz CT molecular complexity index is 324. The number of hydrogen-bond donors (Lipinski definition) is 1. The fourth-order valence-electron chi connectivity index (χ4n) is 1.66. The molecular formula is C10H15N3O. The van der Waals surface area contributed by atoms with Gasteiger partial charge in [0.2, 0.25) is 11.8 Å². The summed E-state index contributed by atoms with van der Waals surface area (Å²) in [4.78, 5) is 0. The van der Waals surface area contributed by atoms with Crippen LogP contribution in [0.25, 0.3) is 0 Å². The zero-order valence-corrected chi connectivity index (χ0v) is 8.53. The Morgan fingerprint density at radius 1 is 1.43 bits per heavy atom. The zero-order chi connectivity index (χ0) is 9.97. The van der Waals surface area contributed by atoms with E-state index in [0.29, 0.717) is 17.8 Å². The van der Waals surface area contributed by atoms with E-state index in [0.717, 1.165) is 12.8 Å². The maximum Gasteiger partial charge on any atom is 0.233 e. The minimum Gasteiger partial charge on any atom is -0.424 e. The van der Waals surface area contributed by atoms with E-state index in [1.807, 2.05) is 6.92 Å². The lowest BCUT2D eigenvalue weighted by Crippen LogP contribution is -2.29. The Morgan fingerprint density at radius 2 is 2.14 bits per heavy atom. The molecule has 1 N–H and O–H groups in total. The van der Waals surface area contributed by atoms with Crippen LogP contribution in [0.15, 0.2) is 16.6 Å². The molecule has 0 bridgehead atoms. The third kappa shape index (κ3) is 2.01. The van der Waals surface area contributed by atoms with Crippen LogP contribution in [0, 0.1) is 6.92 Å². The highest BCUT2D eigenvalue weighted by Gasteiger charge is 2.17. The fourth-order valence-corrected chi connectivity index (χ4v) is 1.66. The highest BCUT2D eigenvalue weighted by atomic mass is 16.4. The van der Waals surface area contributed by atoms with Gasteiger partial charge in [-0.25, -0.2) is 0 Å². The van der Waals surface area contributed by atoms with Gasteiger partial charge in [0, 0.05) is 13.0 Å². The van der Waals surface area contributed by atoms with Crippen molar-refractivity contribution in [3.63, 3.8) is 0 Å². The molecule has 2 rings (SSSR count). The second kappa shape index (κ2) is 3.92. The summed E-state index contributed by atoms with van der Waals surface area (Å²) in [6.45, 7) is 3.85. The number of nitrogens with one attached hydrogen (secondary N) is 1. The number of aromatic nitrogens is 2. The molecule has 1 atom stereocenters. The number of nitrogens with zero attached hydrogens (tertiary/aromatic N) is 2. The van der Waals surface area contributed by atoms with Crippen LogP contribution in [0.4, 0.5) is 0 Å². The fraction of sp³-hybridized carbons (Fsp3) is 0.600. The summed E-state index contributed by atoms with van der Waals surface area (Å²) < 4.78 is 5.35. The molecule has 1 heterocycles. The van der Waals surface area contributed by atoms with Crippen molar-refractivity contribution in [2.75, 3.05) is 0 Å². The molecule has 76 valence electrons. The van der Waals surface area contributed by atoms with Crippen molar-refractivity contribution < 1.29 is 4.42 Å². The maximum atomic E-state index is 5.35. The van der Waals surface area contributed by atoms with Gasteiger partial charge in [0.25, 0.3) is 0 Å². The third-order valence-corrected chi connectivity index (χ3v) is 2.41. The van der Waals surface area contributed by atoms with Gasteiger partial charge in [0.05, 0.1) is 6.04 Å². The predicted molar refractivity (Wildman–Crippen MR) is 52.7 cm³/mol. The molecule has 0 saturated heterocycles. The van der Waals surface area contributed by atoms with E-state index in [4.69, 9.17) is 4.42 Å². The Labute approximate surface area is 83.4 Å². The smallest absolute Gasteiger partial charge is 0.233 e. The van der Waals surface area contributed by atoms with Crippen LogP contribution in [0.3, 0.4) is 0 Å². The van der Waals surface area contributed by atoms with Crippen molar-refractivity contribution in [2.45, 2.75) is 38.8 Å². The van der Waals surface area contributed by atoms with E-state index in [1.54, 1.807) is 6.92 Å². The largest absolute Gasteiger partial charge is 0.424 e. The molecule has 1 aromatic rings. The Kier molecular flexibility index (Phi) is 2.63. The van der Waals surface area contributed by atoms with Crippen LogP contribution >= 0.6 is 0 Å². The van der Waals surface area contributed by atoms with Crippen LogP contribution in [0.2, 0.25) is 0 Å². The maximum absolute atomic E-state index is 5.35. The van der Waals surface area contributed by atoms with E-state index in [2.05, 4.69) is 27.7 Å². The van der Waals surface area contributed by atoms with Gasteiger partial charge in [0.15, 0.2) is 0 Å². The van der Waals surface area contributed by atoms with Gasteiger partial charge in [0.1, 0.15) is 0 Å². The minimum atomic E-state index is 0.140. The lowest BCUT2D eigenvalue weighted by molar-refractivity contribution is 0.373. The van der Waals surface area contributed by atoms with Crippen LogP contribution in [0.1, 0.15) is 37.6 Å². The van der Waals surface area contributed by atoms with Gasteiger partial charge in [-0.1, -0.05) is 12.2 Å². The van der Waals surface area contributed by atoms with E-state index < -0.39 is 0 Å². The molecule has 4 heteroatoms. The van der Waals surface area contributed by atoms with Crippen molar-refractivity contribution in [3.05, 3.63) is 23.9 Å². The molecule has 1 aliphatic carbocycles. The minimum absolute atomic E-state index is 0.140. The van der Waals surface area contributed by atoms with Crippen molar-refractivity contribution in [1.82, 2.24) is 15.5 Å². The molecule has 0 spiro atoms. The topological polar surface area (TPSA) is 51.0 Å². The van der Waals surface area contributed by atoms with E-state index in [-0.39, 0.29) is 6.04 Å². The molecule has 0 fully saturated rings. The van der Waals surface area contributed by atoms with Crippen molar-refractivity contribution in [1.29, 1.82) is 0 Å². The van der Waals surface area contributed by atoms with Crippen LogP contribution in [0.5, 0.6) is 0 Å².